The van der Waals surface area contributed by atoms with Crippen LogP contribution in [0.3, 0.4) is 0 Å². The zero-order valence-electron chi connectivity index (χ0n) is 12.4. The number of rotatable bonds is 2. The number of nitrogens with zero attached hydrogens (tertiary/aromatic N) is 1. The Kier molecular flexibility index (Phi) is 3.32. The molecule has 0 aliphatic heterocycles. The highest BCUT2D eigenvalue weighted by Crippen LogP contribution is 2.34. The van der Waals surface area contributed by atoms with Gasteiger partial charge in [0.05, 0.1) is 16.8 Å². The van der Waals surface area contributed by atoms with E-state index < -0.39 is 0 Å². The quantitative estimate of drug-likeness (QED) is 0.855. The van der Waals surface area contributed by atoms with Crippen molar-refractivity contribution < 1.29 is 9.21 Å². The third-order valence-corrected chi connectivity index (χ3v) is 4.81. The largest absolute Gasteiger partial charge is 0.427 e. The highest BCUT2D eigenvalue weighted by Gasteiger charge is 2.33. The van der Waals surface area contributed by atoms with Crippen molar-refractivity contribution in [3.8, 4) is 0 Å². The predicted molar refractivity (Wildman–Crippen MR) is 81.1 cm³/mol. The van der Waals surface area contributed by atoms with Crippen LogP contribution in [0, 0.1) is 12.3 Å². The van der Waals surface area contributed by atoms with Crippen molar-refractivity contribution >= 4 is 17.1 Å². The maximum atomic E-state index is 12.3. The molecular formula is C16H17NO3S. The number of aryl methyl sites for hydroxylation is 1. The van der Waals surface area contributed by atoms with E-state index in [9.17, 15) is 9.59 Å². The highest BCUT2D eigenvalue weighted by molar-refractivity contribution is 7.09. The van der Waals surface area contributed by atoms with E-state index in [1.807, 2.05) is 20.8 Å². The summed E-state index contributed by atoms with van der Waals surface area (Å²) in [5.41, 5.74) is 3.31. The number of carbonyl (C=O) groups is 1. The Morgan fingerprint density at radius 2 is 2.10 bits per heavy atom. The number of hydrogen-bond donors (Lipinski definition) is 0. The zero-order valence-corrected chi connectivity index (χ0v) is 13.2. The van der Waals surface area contributed by atoms with Gasteiger partial charge in [0, 0.05) is 29.7 Å². The van der Waals surface area contributed by atoms with Gasteiger partial charge < -0.3 is 4.42 Å². The average Bonchev–Trinajstić information content (AvgIpc) is 2.75. The Hall–Kier alpha value is -1.75. The van der Waals surface area contributed by atoms with Gasteiger partial charge in [-0.25, -0.2) is 9.78 Å². The second-order valence-corrected chi connectivity index (χ2v) is 7.31. The molecule has 0 bridgehead atoms. The fraction of sp³-hybridized carbons (Fsp3) is 0.438. The van der Waals surface area contributed by atoms with Crippen LogP contribution in [0.1, 0.15) is 52.5 Å². The lowest BCUT2D eigenvalue weighted by Gasteiger charge is -2.28. The van der Waals surface area contributed by atoms with Gasteiger partial charge >= 0.3 is 5.63 Å². The molecule has 2 aromatic heterocycles. The minimum Gasteiger partial charge on any atom is -0.427 e. The molecular weight excluding hydrogens is 286 g/mol. The van der Waals surface area contributed by atoms with Gasteiger partial charge in [0.2, 0.25) is 0 Å². The number of Topliss-reactive ketones (excluding diaryl/α,β-unsaturated/α-hetero) is 1. The maximum Gasteiger partial charge on any atom is 0.339 e. The van der Waals surface area contributed by atoms with Gasteiger partial charge in [-0.3, -0.25) is 4.79 Å². The Balaban J connectivity index is 2.02. The SMILES string of the molecule is Cc1ncsc1Cc1cc2c(oc1=O)CC(C)(C)CC2=O. The minimum absolute atomic E-state index is 0.0623. The first kappa shape index (κ1) is 14.2. The Morgan fingerprint density at radius 3 is 2.76 bits per heavy atom. The molecule has 0 radical (unpaired) electrons. The average molecular weight is 303 g/mol. The summed E-state index contributed by atoms with van der Waals surface area (Å²) in [6, 6.07) is 1.72. The summed E-state index contributed by atoms with van der Waals surface area (Å²) >= 11 is 1.51. The molecule has 0 unspecified atom stereocenters. The van der Waals surface area contributed by atoms with Crippen molar-refractivity contribution in [2.75, 3.05) is 0 Å². The predicted octanol–water partition coefficient (Wildman–Crippen LogP) is 3.15. The molecule has 4 nitrogen and oxygen atoms in total. The number of carbonyl (C=O) groups excluding carboxylic acids is 1. The molecule has 0 atom stereocenters. The van der Waals surface area contributed by atoms with Crippen LogP contribution < -0.4 is 5.63 Å². The van der Waals surface area contributed by atoms with Gasteiger partial charge in [-0.1, -0.05) is 13.8 Å². The van der Waals surface area contributed by atoms with Crippen LogP contribution in [0.15, 0.2) is 20.8 Å². The molecule has 0 saturated carbocycles. The number of ketones is 1. The van der Waals surface area contributed by atoms with E-state index in [1.165, 1.54) is 11.3 Å². The van der Waals surface area contributed by atoms with Crippen LogP contribution in [0.2, 0.25) is 0 Å². The van der Waals surface area contributed by atoms with Crippen LogP contribution in [-0.2, 0) is 12.8 Å². The van der Waals surface area contributed by atoms with Crippen molar-refractivity contribution in [1.29, 1.82) is 0 Å². The van der Waals surface area contributed by atoms with Gasteiger partial charge in [0.15, 0.2) is 5.78 Å². The Labute approximate surface area is 126 Å². The van der Waals surface area contributed by atoms with Crippen LogP contribution in [0.4, 0.5) is 0 Å². The molecule has 2 aromatic rings. The lowest BCUT2D eigenvalue weighted by Crippen LogP contribution is -2.29. The van der Waals surface area contributed by atoms with Crippen LogP contribution in [0.25, 0.3) is 0 Å². The fourth-order valence-electron chi connectivity index (χ4n) is 2.73. The molecule has 0 spiro atoms. The van der Waals surface area contributed by atoms with Crippen molar-refractivity contribution in [2.45, 2.75) is 40.0 Å². The molecule has 2 heterocycles. The molecule has 0 N–H and O–H groups in total. The molecule has 0 aromatic carbocycles. The van der Waals surface area contributed by atoms with E-state index in [2.05, 4.69) is 4.98 Å². The first-order valence-electron chi connectivity index (χ1n) is 6.94. The monoisotopic (exact) mass is 303 g/mol. The third kappa shape index (κ3) is 2.70. The highest BCUT2D eigenvalue weighted by atomic mass is 32.1. The normalized spacial score (nSPS) is 16.8. The van der Waals surface area contributed by atoms with E-state index in [-0.39, 0.29) is 16.8 Å². The molecule has 0 fully saturated rings. The molecule has 5 heteroatoms. The third-order valence-electron chi connectivity index (χ3n) is 3.87. The number of thiazole rings is 1. The van der Waals surface area contributed by atoms with Crippen LogP contribution >= 0.6 is 11.3 Å². The van der Waals surface area contributed by atoms with Gasteiger partial charge in [0.1, 0.15) is 5.76 Å². The maximum absolute atomic E-state index is 12.3. The molecule has 3 rings (SSSR count). The van der Waals surface area contributed by atoms with E-state index in [1.54, 1.807) is 11.6 Å². The summed E-state index contributed by atoms with van der Waals surface area (Å²) in [6.45, 7) is 5.95. The lowest BCUT2D eigenvalue weighted by molar-refractivity contribution is 0.0897. The van der Waals surface area contributed by atoms with Crippen molar-refractivity contribution in [3.63, 3.8) is 0 Å². The van der Waals surface area contributed by atoms with Gasteiger partial charge in [-0.2, -0.15) is 0 Å². The lowest BCUT2D eigenvalue weighted by atomic mass is 9.76. The van der Waals surface area contributed by atoms with Gasteiger partial charge in [-0.05, 0) is 18.4 Å². The smallest absolute Gasteiger partial charge is 0.339 e. The molecule has 0 amide bonds. The van der Waals surface area contributed by atoms with E-state index in [0.717, 1.165) is 10.6 Å². The molecule has 1 aliphatic carbocycles. The summed E-state index contributed by atoms with van der Waals surface area (Å²) in [7, 11) is 0. The second kappa shape index (κ2) is 4.91. The standard InChI is InChI=1S/C16H17NO3S/c1-9-14(21-8-17-9)5-10-4-11-12(18)6-16(2,3)7-13(11)20-15(10)19/h4,8H,5-7H2,1-3H3. The summed E-state index contributed by atoms with van der Waals surface area (Å²) < 4.78 is 5.43. The van der Waals surface area contributed by atoms with Crippen LogP contribution in [0.5, 0.6) is 0 Å². The Morgan fingerprint density at radius 1 is 1.33 bits per heavy atom. The second-order valence-electron chi connectivity index (χ2n) is 6.37. The minimum atomic E-state index is -0.341. The molecule has 1 aliphatic rings. The first-order valence-corrected chi connectivity index (χ1v) is 7.82. The van der Waals surface area contributed by atoms with E-state index in [0.29, 0.717) is 36.1 Å². The van der Waals surface area contributed by atoms with E-state index >= 15 is 0 Å². The van der Waals surface area contributed by atoms with Crippen molar-refractivity contribution in [2.24, 2.45) is 5.41 Å². The van der Waals surface area contributed by atoms with Crippen molar-refractivity contribution in [3.05, 3.63) is 49.5 Å². The number of aromatic nitrogens is 1. The summed E-state index contributed by atoms with van der Waals surface area (Å²) in [5, 5.41) is 0. The van der Waals surface area contributed by atoms with Gasteiger partial charge in [0.25, 0.3) is 0 Å². The zero-order chi connectivity index (χ0) is 15.2. The van der Waals surface area contributed by atoms with E-state index in [4.69, 9.17) is 4.42 Å². The van der Waals surface area contributed by atoms with Crippen molar-refractivity contribution in [1.82, 2.24) is 4.98 Å². The summed E-state index contributed by atoms with van der Waals surface area (Å²) in [6.07, 6.45) is 1.60. The summed E-state index contributed by atoms with van der Waals surface area (Å²) in [4.78, 5) is 29.6. The first-order chi connectivity index (χ1) is 9.85. The fourth-order valence-corrected chi connectivity index (χ4v) is 3.53. The Bertz CT molecular complexity index is 770. The molecule has 21 heavy (non-hydrogen) atoms. The van der Waals surface area contributed by atoms with Gasteiger partial charge in [-0.15, -0.1) is 11.3 Å². The molecule has 110 valence electrons. The summed E-state index contributed by atoms with van der Waals surface area (Å²) in [5.74, 6) is 0.596. The number of hydrogen-bond acceptors (Lipinski definition) is 5. The number of fused-ring (bicyclic) bond motifs is 1. The molecule has 0 saturated heterocycles. The van der Waals surface area contributed by atoms with Crippen LogP contribution in [-0.4, -0.2) is 10.8 Å². The topological polar surface area (TPSA) is 60.2 Å².